The number of aliphatic carboxylic acids is 1. The Bertz CT molecular complexity index is 90.3. The Hall–Kier alpha value is -0.570. The summed E-state index contributed by atoms with van der Waals surface area (Å²) in [6, 6.07) is 0. The van der Waals surface area contributed by atoms with Crippen LogP contribution in [0.2, 0.25) is 0 Å². The molecule has 0 aliphatic carbocycles. The van der Waals surface area contributed by atoms with Crippen molar-refractivity contribution in [2.75, 3.05) is 0 Å². The zero-order valence-corrected chi connectivity index (χ0v) is 4.97. The van der Waals surface area contributed by atoms with E-state index in [1.165, 1.54) is 13.8 Å². The third kappa shape index (κ3) is 5.43. The highest BCUT2D eigenvalue weighted by Crippen LogP contribution is 2.04. The average Bonchev–Trinajstić information content (AvgIpc) is 1.21. The highest BCUT2D eigenvalue weighted by atomic mass is 16.4. The van der Waals surface area contributed by atoms with Crippen LogP contribution < -0.4 is 5.11 Å². The van der Waals surface area contributed by atoms with Crippen molar-refractivity contribution >= 4 is 5.97 Å². The van der Waals surface area contributed by atoms with Crippen LogP contribution in [0.3, 0.4) is 0 Å². The highest BCUT2D eigenvalue weighted by molar-refractivity contribution is 5.65. The van der Waals surface area contributed by atoms with Crippen molar-refractivity contribution in [3.8, 4) is 0 Å². The van der Waals surface area contributed by atoms with E-state index in [4.69, 9.17) is 5.11 Å². The lowest BCUT2D eigenvalue weighted by Crippen LogP contribution is -2.32. The zero-order valence-electron chi connectivity index (χ0n) is 4.97. The largest absolute Gasteiger partial charge is 0.550 e. The lowest BCUT2D eigenvalue weighted by atomic mass is 10.1. The number of carboxylic acids is 1. The van der Waals surface area contributed by atoms with Gasteiger partial charge in [-0.15, -0.1) is 0 Å². The molecule has 1 N–H and O–H groups in total. The van der Waals surface area contributed by atoms with Crippen molar-refractivity contribution in [2.24, 2.45) is 0 Å². The van der Waals surface area contributed by atoms with Gasteiger partial charge in [0.1, 0.15) is 0 Å². The molecule has 48 valence electrons. The molecule has 0 rings (SSSR count). The van der Waals surface area contributed by atoms with Crippen LogP contribution in [-0.4, -0.2) is 16.7 Å². The third-order valence-corrected chi connectivity index (χ3v) is 0.577. The molecule has 8 heavy (non-hydrogen) atoms. The Balaban J connectivity index is 3.55. The maximum Gasteiger partial charge on any atom is 0.0643 e. The predicted octanol–water partition coefficient (Wildman–Crippen LogP) is -1.10. The first-order valence-corrected chi connectivity index (χ1v) is 2.34. The SMILES string of the molecule is CC(C)(O)CC(=O)[O-]. The smallest absolute Gasteiger partial charge is 0.0643 e. The first-order valence-electron chi connectivity index (χ1n) is 2.34. The molecule has 0 bridgehead atoms. The molecule has 3 nitrogen and oxygen atoms in total. The van der Waals surface area contributed by atoms with Crippen LogP contribution in [-0.2, 0) is 4.79 Å². The molecule has 0 heterocycles. The standard InChI is InChI=1S/C5H10O3/c1-5(2,8)3-4(6)7/h8H,3H2,1-2H3,(H,6,7)/p-1. The van der Waals surface area contributed by atoms with E-state index in [2.05, 4.69) is 0 Å². The van der Waals surface area contributed by atoms with Crippen LogP contribution in [0.15, 0.2) is 0 Å². The molecule has 0 saturated heterocycles. The van der Waals surface area contributed by atoms with Crippen molar-refractivity contribution in [1.29, 1.82) is 0 Å². The molecule has 0 unspecified atom stereocenters. The molecule has 0 aromatic carbocycles. The molecule has 0 fully saturated rings. The summed E-state index contributed by atoms with van der Waals surface area (Å²) in [5.41, 5.74) is -1.14. The number of carbonyl (C=O) groups is 1. The number of aliphatic hydroxyl groups is 1. The van der Waals surface area contributed by atoms with Gasteiger partial charge in [-0.3, -0.25) is 0 Å². The van der Waals surface area contributed by atoms with E-state index in [-0.39, 0.29) is 6.42 Å². The molecule has 0 radical (unpaired) electrons. The van der Waals surface area contributed by atoms with Gasteiger partial charge in [0, 0.05) is 12.4 Å². The van der Waals surface area contributed by atoms with Gasteiger partial charge in [0.15, 0.2) is 0 Å². The van der Waals surface area contributed by atoms with Gasteiger partial charge >= 0.3 is 0 Å². The lowest BCUT2D eigenvalue weighted by Gasteiger charge is -2.16. The van der Waals surface area contributed by atoms with E-state index >= 15 is 0 Å². The van der Waals surface area contributed by atoms with Gasteiger partial charge in [-0.25, -0.2) is 0 Å². The number of hydrogen-bond acceptors (Lipinski definition) is 3. The molecule has 0 amide bonds. The Morgan fingerprint density at radius 1 is 1.75 bits per heavy atom. The molecule has 0 aliphatic heterocycles. The monoisotopic (exact) mass is 117 g/mol. The van der Waals surface area contributed by atoms with Crippen LogP contribution in [0.4, 0.5) is 0 Å². The summed E-state index contributed by atoms with van der Waals surface area (Å²) in [5.74, 6) is -1.22. The summed E-state index contributed by atoms with van der Waals surface area (Å²) in [4.78, 5) is 9.74. The van der Waals surface area contributed by atoms with Crippen LogP contribution in [0, 0.1) is 0 Å². The molecule has 0 atom stereocenters. The van der Waals surface area contributed by atoms with Crippen molar-refractivity contribution in [3.05, 3.63) is 0 Å². The minimum atomic E-state index is -1.22. The van der Waals surface area contributed by atoms with Gasteiger partial charge in [0.05, 0.1) is 5.60 Å². The molecular formula is C5H9O3-. The quantitative estimate of drug-likeness (QED) is 0.499. The Kier molecular flexibility index (Phi) is 1.98. The number of rotatable bonds is 2. The summed E-state index contributed by atoms with van der Waals surface area (Å²) in [6.45, 7) is 2.84. The van der Waals surface area contributed by atoms with Crippen LogP contribution in [0.5, 0.6) is 0 Å². The van der Waals surface area contributed by atoms with E-state index in [0.717, 1.165) is 0 Å². The van der Waals surface area contributed by atoms with Gasteiger partial charge < -0.3 is 15.0 Å². The van der Waals surface area contributed by atoms with Gasteiger partial charge in [0.25, 0.3) is 0 Å². The van der Waals surface area contributed by atoms with Crippen LogP contribution in [0.25, 0.3) is 0 Å². The molecule has 0 aromatic rings. The van der Waals surface area contributed by atoms with E-state index in [9.17, 15) is 9.90 Å². The fourth-order valence-corrected chi connectivity index (χ4v) is 0.353. The second-order valence-electron chi connectivity index (χ2n) is 2.36. The topological polar surface area (TPSA) is 60.4 Å². The summed E-state index contributed by atoms with van der Waals surface area (Å²) >= 11 is 0. The minimum absolute atomic E-state index is 0.313. The molecule has 3 heteroatoms. The first-order chi connectivity index (χ1) is 3.42. The highest BCUT2D eigenvalue weighted by Gasteiger charge is 2.11. The third-order valence-electron chi connectivity index (χ3n) is 0.577. The number of carboxylic acid groups (broad SMARTS) is 1. The molecular weight excluding hydrogens is 108 g/mol. The maximum atomic E-state index is 9.74. The van der Waals surface area contributed by atoms with Gasteiger partial charge in [-0.1, -0.05) is 0 Å². The first kappa shape index (κ1) is 7.43. The normalized spacial score (nSPS) is 11.4. The van der Waals surface area contributed by atoms with E-state index in [1.807, 2.05) is 0 Å². The maximum absolute atomic E-state index is 9.74. The fourth-order valence-electron chi connectivity index (χ4n) is 0.353. The molecule has 0 saturated carbocycles. The zero-order chi connectivity index (χ0) is 6.78. The molecule has 0 spiro atoms. The second kappa shape index (κ2) is 2.13. The predicted molar refractivity (Wildman–Crippen MR) is 25.9 cm³/mol. The Morgan fingerprint density at radius 2 is 2.12 bits per heavy atom. The van der Waals surface area contributed by atoms with Crippen molar-refractivity contribution in [3.63, 3.8) is 0 Å². The Morgan fingerprint density at radius 3 is 2.12 bits per heavy atom. The van der Waals surface area contributed by atoms with Crippen LogP contribution >= 0.6 is 0 Å². The van der Waals surface area contributed by atoms with Crippen molar-refractivity contribution in [2.45, 2.75) is 25.9 Å². The summed E-state index contributed by atoms with van der Waals surface area (Å²) in [7, 11) is 0. The van der Waals surface area contributed by atoms with E-state index in [1.54, 1.807) is 0 Å². The van der Waals surface area contributed by atoms with Gasteiger partial charge in [-0.2, -0.15) is 0 Å². The average molecular weight is 117 g/mol. The molecule has 0 aromatic heterocycles. The lowest BCUT2D eigenvalue weighted by molar-refractivity contribution is -0.308. The van der Waals surface area contributed by atoms with Gasteiger partial charge in [0.2, 0.25) is 0 Å². The van der Waals surface area contributed by atoms with Gasteiger partial charge in [-0.05, 0) is 13.8 Å². The number of hydrogen-bond donors (Lipinski definition) is 1. The van der Waals surface area contributed by atoms with E-state index < -0.39 is 11.6 Å². The van der Waals surface area contributed by atoms with Crippen LogP contribution in [0.1, 0.15) is 20.3 Å². The van der Waals surface area contributed by atoms with Crippen molar-refractivity contribution in [1.82, 2.24) is 0 Å². The molecule has 0 aliphatic rings. The number of carbonyl (C=O) groups excluding carboxylic acids is 1. The minimum Gasteiger partial charge on any atom is -0.550 e. The van der Waals surface area contributed by atoms with E-state index in [0.29, 0.717) is 0 Å². The fraction of sp³-hybridized carbons (Fsp3) is 0.800. The Labute approximate surface area is 47.9 Å². The second-order valence-corrected chi connectivity index (χ2v) is 2.36. The summed E-state index contributed by atoms with van der Waals surface area (Å²) in [6.07, 6.45) is -0.313. The summed E-state index contributed by atoms with van der Waals surface area (Å²) in [5, 5.41) is 18.5. The van der Waals surface area contributed by atoms with Crippen molar-refractivity contribution < 1.29 is 15.0 Å². The summed E-state index contributed by atoms with van der Waals surface area (Å²) < 4.78 is 0.